The van der Waals surface area contributed by atoms with Crippen molar-refractivity contribution in [1.29, 1.82) is 0 Å². The standard InChI is InChI=1S/C25H25N3O2/c1-17-5-8-19(9-6-17)24-22(28-15-18(2)7-14-23(28)26-24)16-27(3)25(29)20-10-12-21(30-4)13-11-20/h5-15H,16H2,1-4H3. The number of aromatic nitrogens is 2. The number of carbonyl (C=O) groups excluding carboxylic acids is 1. The average molecular weight is 399 g/mol. The Balaban J connectivity index is 1.72. The summed E-state index contributed by atoms with van der Waals surface area (Å²) in [5.41, 5.74) is 6.77. The fourth-order valence-electron chi connectivity index (χ4n) is 3.54. The molecule has 2 heterocycles. The summed E-state index contributed by atoms with van der Waals surface area (Å²) in [4.78, 5) is 19.6. The van der Waals surface area contributed by atoms with Gasteiger partial charge in [0.1, 0.15) is 11.4 Å². The van der Waals surface area contributed by atoms with Crippen LogP contribution in [0.1, 0.15) is 27.2 Å². The van der Waals surface area contributed by atoms with Crippen LogP contribution in [-0.2, 0) is 6.54 Å². The van der Waals surface area contributed by atoms with E-state index in [0.29, 0.717) is 12.1 Å². The summed E-state index contributed by atoms with van der Waals surface area (Å²) >= 11 is 0. The number of carbonyl (C=O) groups is 1. The van der Waals surface area contributed by atoms with E-state index in [4.69, 9.17) is 9.72 Å². The summed E-state index contributed by atoms with van der Waals surface area (Å²) in [6, 6.07) is 19.6. The maximum absolute atomic E-state index is 13.0. The monoisotopic (exact) mass is 399 g/mol. The third-order valence-electron chi connectivity index (χ3n) is 5.26. The average Bonchev–Trinajstić information content (AvgIpc) is 3.11. The van der Waals surface area contributed by atoms with E-state index >= 15 is 0 Å². The molecule has 0 fully saturated rings. The van der Waals surface area contributed by atoms with Crippen molar-refractivity contribution >= 4 is 11.6 Å². The molecule has 0 saturated heterocycles. The van der Waals surface area contributed by atoms with Crippen LogP contribution >= 0.6 is 0 Å². The predicted molar refractivity (Wildman–Crippen MR) is 119 cm³/mol. The highest BCUT2D eigenvalue weighted by Crippen LogP contribution is 2.27. The van der Waals surface area contributed by atoms with E-state index in [1.165, 1.54) is 5.56 Å². The first-order valence-electron chi connectivity index (χ1n) is 9.90. The van der Waals surface area contributed by atoms with Crippen molar-refractivity contribution in [2.75, 3.05) is 14.2 Å². The SMILES string of the molecule is COc1ccc(C(=O)N(C)Cc2c(-c3ccc(C)cc3)nc3ccc(C)cn23)cc1. The molecule has 5 nitrogen and oxygen atoms in total. The predicted octanol–water partition coefficient (Wildman–Crippen LogP) is 4.90. The lowest BCUT2D eigenvalue weighted by Gasteiger charge is -2.18. The molecule has 0 aliphatic heterocycles. The number of imidazole rings is 1. The Morgan fingerprint density at radius 1 is 0.967 bits per heavy atom. The fourth-order valence-corrected chi connectivity index (χ4v) is 3.54. The maximum Gasteiger partial charge on any atom is 0.253 e. The summed E-state index contributed by atoms with van der Waals surface area (Å²) in [7, 11) is 3.43. The Morgan fingerprint density at radius 2 is 1.63 bits per heavy atom. The number of hydrogen-bond donors (Lipinski definition) is 0. The van der Waals surface area contributed by atoms with Crippen LogP contribution in [0.15, 0.2) is 66.9 Å². The van der Waals surface area contributed by atoms with Crippen LogP contribution in [0.3, 0.4) is 0 Å². The Morgan fingerprint density at radius 3 is 2.30 bits per heavy atom. The van der Waals surface area contributed by atoms with E-state index in [1.807, 2.05) is 13.1 Å². The summed E-state index contributed by atoms with van der Waals surface area (Å²) in [6.07, 6.45) is 2.07. The third kappa shape index (κ3) is 3.79. The van der Waals surface area contributed by atoms with Crippen LogP contribution in [0.25, 0.3) is 16.9 Å². The molecule has 0 atom stereocenters. The highest BCUT2D eigenvalue weighted by molar-refractivity contribution is 5.94. The molecule has 5 heteroatoms. The minimum atomic E-state index is -0.0462. The van der Waals surface area contributed by atoms with Gasteiger partial charge < -0.3 is 14.0 Å². The fraction of sp³-hybridized carbons (Fsp3) is 0.200. The second-order valence-electron chi connectivity index (χ2n) is 7.60. The maximum atomic E-state index is 13.0. The number of pyridine rings is 1. The number of amides is 1. The largest absolute Gasteiger partial charge is 0.497 e. The van der Waals surface area contributed by atoms with E-state index in [-0.39, 0.29) is 5.91 Å². The zero-order valence-electron chi connectivity index (χ0n) is 17.7. The van der Waals surface area contributed by atoms with Crippen molar-refractivity contribution in [3.05, 3.63) is 89.2 Å². The van der Waals surface area contributed by atoms with Crippen LogP contribution in [0.2, 0.25) is 0 Å². The van der Waals surface area contributed by atoms with Gasteiger partial charge >= 0.3 is 0 Å². The van der Waals surface area contributed by atoms with Crippen LogP contribution in [-0.4, -0.2) is 34.3 Å². The first-order valence-corrected chi connectivity index (χ1v) is 9.90. The molecule has 2 aromatic heterocycles. The number of benzene rings is 2. The third-order valence-corrected chi connectivity index (χ3v) is 5.26. The molecule has 30 heavy (non-hydrogen) atoms. The van der Waals surface area contributed by atoms with Gasteiger partial charge in [-0.05, 0) is 49.7 Å². The second kappa shape index (κ2) is 8.03. The van der Waals surface area contributed by atoms with Crippen molar-refractivity contribution < 1.29 is 9.53 Å². The van der Waals surface area contributed by atoms with Gasteiger partial charge in [-0.25, -0.2) is 4.98 Å². The van der Waals surface area contributed by atoms with Gasteiger partial charge in [-0.1, -0.05) is 35.9 Å². The van der Waals surface area contributed by atoms with Gasteiger partial charge in [0.05, 0.1) is 25.0 Å². The zero-order valence-corrected chi connectivity index (χ0v) is 17.7. The molecule has 0 radical (unpaired) electrons. The summed E-state index contributed by atoms with van der Waals surface area (Å²) in [5, 5.41) is 0. The van der Waals surface area contributed by atoms with E-state index in [1.54, 1.807) is 36.3 Å². The Labute approximate surface area is 176 Å². The number of hydrogen-bond acceptors (Lipinski definition) is 3. The number of ether oxygens (including phenoxy) is 1. The minimum Gasteiger partial charge on any atom is -0.497 e. The van der Waals surface area contributed by atoms with Gasteiger partial charge in [0, 0.05) is 24.4 Å². The normalized spacial score (nSPS) is 10.9. The molecular formula is C25H25N3O2. The molecule has 0 aliphatic rings. The van der Waals surface area contributed by atoms with Crippen LogP contribution in [0, 0.1) is 13.8 Å². The quantitative estimate of drug-likeness (QED) is 0.480. The van der Waals surface area contributed by atoms with Crippen LogP contribution < -0.4 is 4.74 Å². The van der Waals surface area contributed by atoms with E-state index in [2.05, 4.69) is 54.8 Å². The molecule has 0 unspecified atom stereocenters. The molecule has 0 spiro atoms. The van der Waals surface area contributed by atoms with Gasteiger partial charge in [0.25, 0.3) is 5.91 Å². The van der Waals surface area contributed by atoms with E-state index < -0.39 is 0 Å². The topological polar surface area (TPSA) is 46.8 Å². The van der Waals surface area contributed by atoms with Gasteiger partial charge in [-0.15, -0.1) is 0 Å². The number of methoxy groups -OCH3 is 1. The molecule has 0 bridgehead atoms. The van der Waals surface area contributed by atoms with Gasteiger partial charge in [-0.3, -0.25) is 4.79 Å². The molecule has 4 aromatic rings. The molecule has 1 amide bonds. The lowest BCUT2D eigenvalue weighted by molar-refractivity contribution is 0.0783. The highest BCUT2D eigenvalue weighted by Gasteiger charge is 2.19. The van der Waals surface area contributed by atoms with Crippen molar-refractivity contribution in [2.24, 2.45) is 0 Å². The van der Waals surface area contributed by atoms with Crippen molar-refractivity contribution in [2.45, 2.75) is 20.4 Å². The lowest BCUT2D eigenvalue weighted by atomic mass is 10.1. The molecule has 152 valence electrons. The molecule has 0 N–H and O–H groups in total. The zero-order chi connectivity index (χ0) is 21.3. The Hall–Kier alpha value is -3.60. The summed E-state index contributed by atoms with van der Waals surface area (Å²) in [5.74, 6) is 0.684. The second-order valence-corrected chi connectivity index (χ2v) is 7.60. The minimum absolute atomic E-state index is 0.0462. The smallest absolute Gasteiger partial charge is 0.253 e. The summed E-state index contributed by atoms with van der Waals surface area (Å²) in [6.45, 7) is 4.57. The van der Waals surface area contributed by atoms with Crippen LogP contribution in [0.5, 0.6) is 5.75 Å². The first kappa shape index (κ1) is 19.7. The first-order chi connectivity index (χ1) is 14.5. The van der Waals surface area contributed by atoms with Crippen molar-refractivity contribution in [3.63, 3.8) is 0 Å². The number of nitrogens with zero attached hydrogens (tertiary/aromatic N) is 3. The van der Waals surface area contributed by atoms with E-state index in [0.717, 1.165) is 33.9 Å². The van der Waals surface area contributed by atoms with Crippen molar-refractivity contribution in [1.82, 2.24) is 14.3 Å². The lowest BCUT2D eigenvalue weighted by Crippen LogP contribution is -2.27. The Kier molecular flexibility index (Phi) is 5.27. The van der Waals surface area contributed by atoms with E-state index in [9.17, 15) is 4.79 Å². The van der Waals surface area contributed by atoms with Crippen molar-refractivity contribution in [3.8, 4) is 17.0 Å². The molecule has 2 aromatic carbocycles. The number of fused-ring (bicyclic) bond motifs is 1. The Bertz CT molecular complexity index is 1190. The molecular weight excluding hydrogens is 374 g/mol. The number of aryl methyl sites for hydroxylation is 2. The highest BCUT2D eigenvalue weighted by atomic mass is 16.5. The summed E-state index contributed by atoms with van der Waals surface area (Å²) < 4.78 is 7.28. The molecule has 0 saturated carbocycles. The number of rotatable bonds is 5. The van der Waals surface area contributed by atoms with Gasteiger partial charge in [-0.2, -0.15) is 0 Å². The molecule has 0 aliphatic carbocycles. The molecule has 4 rings (SSSR count). The van der Waals surface area contributed by atoms with Crippen LogP contribution in [0.4, 0.5) is 0 Å². The van der Waals surface area contributed by atoms with Gasteiger partial charge in [0.15, 0.2) is 0 Å². The van der Waals surface area contributed by atoms with Gasteiger partial charge in [0.2, 0.25) is 0 Å².